The topological polar surface area (TPSA) is 76.2 Å². The fraction of sp³-hybridized carbons (Fsp3) is 0.652. The van der Waals surface area contributed by atoms with Crippen LogP contribution in [0, 0.1) is 28.6 Å². The molecule has 2 saturated carbocycles. The molecule has 2 fully saturated rings. The number of rotatable bonds is 4. The molecule has 0 bridgehead atoms. The lowest BCUT2D eigenvalue weighted by molar-refractivity contribution is -0.129. The van der Waals surface area contributed by atoms with Crippen molar-refractivity contribution in [2.24, 2.45) is 34.3 Å². The summed E-state index contributed by atoms with van der Waals surface area (Å²) in [7, 11) is 0. The molecule has 0 saturated heterocycles. The van der Waals surface area contributed by atoms with E-state index in [9.17, 15) is 9.90 Å². The van der Waals surface area contributed by atoms with Gasteiger partial charge < -0.3 is 10.8 Å². The summed E-state index contributed by atoms with van der Waals surface area (Å²) < 4.78 is 0. The number of aliphatic hydroxyl groups is 1. The third-order valence-corrected chi connectivity index (χ3v) is 8.28. The molecule has 0 aliphatic heterocycles. The van der Waals surface area contributed by atoms with Crippen molar-refractivity contribution in [3.63, 3.8) is 0 Å². The number of nitrogens with two attached hydrogens (primary N) is 1. The maximum atomic E-state index is 11.4. The van der Waals surface area contributed by atoms with Crippen LogP contribution in [0.4, 0.5) is 0 Å². The van der Waals surface area contributed by atoms with Crippen LogP contribution in [0.5, 0.6) is 0 Å². The first kappa shape index (κ1) is 18.7. The first-order chi connectivity index (χ1) is 12.9. The third-order valence-electron chi connectivity index (χ3n) is 8.28. The fourth-order valence-electron chi connectivity index (χ4n) is 6.72. The van der Waals surface area contributed by atoms with Crippen LogP contribution in [-0.4, -0.2) is 22.1 Å². The van der Waals surface area contributed by atoms with Gasteiger partial charge in [0.1, 0.15) is 0 Å². The number of primary amides is 1. The Morgan fingerprint density at radius 2 is 2.11 bits per heavy atom. The number of fused-ring (bicyclic) bond motifs is 3. The van der Waals surface area contributed by atoms with E-state index < -0.39 is 0 Å². The minimum Gasteiger partial charge on any atom is -0.393 e. The molecule has 146 valence electrons. The molecule has 0 spiro atoms. The van der Waals surface area contributed by atoms with Crippen molar-refractivity contribution < 1.29 is 9.90 Å². The van der Waals surface area contributed by atoms with Gasteiger partial charge in [0.2, 0.25) is 5.91 Å². The minimum absolute atomic E-state index is 0.192. The van der Waals surface area contributed by atoms with E-state index >= 15 is 0 Å². The van der Waals surface area contributed by atoms with E-state index in [4.69, 9.17) is 5.73 Å². The first-order valence-electron chi connectivity index (χ1n) is 10.4. The van der Waals surface area contributed by atoms with Crippen LogP contribution in [0.3, 0.4) is 0 Å². The molecule has 1 aromatic heterocycles. The van der Waals surface area contributed by atoms with Gasteiger partial charge in [-0.1, -0.05) is 26.0 Å². The highest BCUT2D eigenvalue weighted by Crippen LogP contribution is 2.65. The Balaban J connectivity index is 1.61. The second kappa shape index (κ2) is 6.73. The van der Waals surface area contributed by atoms with Crippen molar-refractivity contribution in [2.45, 2.75) is 64.9 Å². The largest absolute Gasteiger partial charge is 0.393 e. The second-order valence-electron chi connectivity index (χ2n) is 9.49. The summed E-state index contributed by atoms with van der Waals surface area (Å²) in [5.74, 6) is 1.44. The molecule has 0 aromatic carbocycles. The first-order valence-corrected chi connectivity index (χ1v) is 10.4. The van der Waals surface area contributed by atoms with Gasteiger partial charge in [0.15, 0.2) is 0 Å². The monoisotopic (exact) mass is 368 g/mol. The van der Waals surface area contributed by atoms with Gasteiger partial charge in [-0.25, -0.2) is 0 Å². The van der Waals surface area contributed by atoms with Gasteiger partial charge in [-0.05, 0) is 84.3 Å². The zero-order chi connectivity index (χ0) is 19.2. The van der Waals surface area contributed by atoms with Gasteiger partial charge in [-0.3, -0.25) is 9.78 Å². The molecule has 4 heteroatoms. The number of hydrogen-bond acceptors (Lipinski definition) is 3. The van der Waals surface area contributed by atoms with E-state index in [0.717, 1.165) is 32.1 Å². The molecule has 3 aliphatic carbocycles. The van der Waals surface area contributed by atoms with Gasteiger partial charge >= 0.3 is 0 Å². The number of pyridine rings is 1. The van der Waals surface area contributed by atoms with E-state index in [-0.39, 0.29) is 22.8 Å². The zero-order valence-electron chi connectivity index (χ0n) is 16.5. The Kier molecular flexibility index (Phi) is 4.66. The average molecular weight is 369 g/mol. The molecule has 6 atom stereocenters. The summed E-state index contributed by atoms with van der Waals surface area (Å²) >= 11 is 0. The summed E-state index contributed by atoms with van der Waals surface area (Å²) in [5.41, 5.74) is 8.15. The molecule has 4 rings (SSSR count). The molecule has 0 radical (unpaired) electrons. The van der Waals surface area contributed by atoms with Crippen LogP contribution >= 0.6 is 0 Å². The fourth-order valence-corrected chi connectivity index (χ4v) is 6.72. The van der Waals surface area contributed by atoms with Crippen LogP contribution in [0.15, 0.2) is 30.6 Å². The van der Waals surface area contributed by atoms with Crippen LogP contribution in [0.2, 0.25) is 0 Å². The van der Waals surface area contributed by atoms with Crippen molar-refractivity contribution >= 4 is 11.5 Å². The SMILES string of the molecule is C[C@]1(CCC(N)=O)C(O)CCC2[C@@H]1CC[C@]1(C)C(c3cccnc3)=CC[C@@H]21. The van der Waals surface area contributed by atoms with Crippen molar-refractivity contribution in [1.29, 1.82) is 0 Å². The Morgan fingerprint density at radius 1 is 1.30 bits per heavy atom. The van der Waals surface area contributed by atoms with Crippen LogP contribution < -0.4 is 5.73 Å². The van der Waals surface area contributed by atoms with E-state index in [2.05, 4.69) is 31.0 Å². The van der Waals surface area contributed by atoms with E-state index in [1.807, 2.05) is 18.5 Å². The number of hydrogen-bond donors (Lipinski definition) is 2. The predicted octanol–water partition coefficient (Wildman–Crippen LogP) is 3.94. The van der Waals surface area contributed by atoms with Gasteiger partial charge in [0.05, 0.1) is 6.10 Å². The molecular formula is C23H32N2O2. The number of aromatic nitrogens is 1. The molecule has 1 heterocycles. The molecule has 1 amide bonds. The second-order valence-corrected chi connectivity index (χ2v) is 9.49. The summed E-state index contributed by atoms with van der Waals surface area (Å²) in [6, 6.07) is 4.20. The lowest BCUT2D eigenvalue weighted by Gasteiger charge is -2.57. The standard InChI is InChI=1S/C23H32N2O2/c1-22-11-9-19-16(5-8-20(26)23(19,2)12-10-21(24)27)18(22)7-6-17(22)15-4-3-13-25-14-15/h3-4,6,13-14,16,18-20,26H,5,7-12H2,1-2H3,(H2,24,27)/t16?,18-,19-,20?,22+,23+/m0/s1. The Labute approximate surface area is 162 Å². The van der Waals surface area contributed by atoms with Gasteiger partial charge in [-0.2, -0.15) is 0 Å². The van der Waals surface area contributed by atoms with Gasteiger partial charge in [0.25, 0.3) is 0 Å². The Morgan fingerprint density at radius 3 is 2.81 bits per heavy atom. The minimum atomic E-state index is -0.324. The summed E-state index contributed by atoms with van der Waals surface area (Å²) in [5, 5.41) is 10.8. The number of carbonyl (C=O) groups is 1. The number of amides is 1. The van der Waals surface area contributed by atoms with E-state index in [1.54, 1.807) is 0 Å². The average Bonchev–Trinajstić information content (AvgIpc) is 3.01. The molecular weight excluding hydrogens is 336 g/mol. The maximum absolute atomic E-state index is 11.4. The van der Waals surface area contributed by atoms with Crippen LogP contribution in [0.1, 0.15) is 64.4 Å². The van der Waals surface area contributed by atoms with Crippen molar-refractivity contribution in [3.05, 3.63) is 36.2 Å². The Hall–Kier alpha value is -1.68. The quantitative estimate of drug-likeness (QED) is 0.845. The Bertz CT molecular complexity index is 746. The molecule has 3 aliphatic rings. The highest BCUT2D eigenvalue weighted by Gasteiger charge is 2.57. The predicted molar refractivity (Wildman–Crippen MR) is 106 cm³/mol. The van der Waals surface area contributed by atoms with E-state index in [1.165, 1.54) is 11.1 Å². The summed E-state index contributed by atoms with van der Waals surface area (Å²) in [6.07, 6.45) is 12.3. The molecule has 3 N–H and O–H groups in total. The smallest absolute Gasteiger partial charge is 0.217 e. The number of nitrogens with zero attached hydrogens (tertiary/aromatic N) is 1. The van der Waals surface area contributed by atoms with Crippen molar-refractivity contribution in [1.82, 2.24) is 4.98 Å². The lowest BCUT2D eigenvalue weighted by atomic mass is 9.48. The number of carbonyl (C=O) groups excluding carboxylic acids is 1. The van der Waals surface area contributed by atoms with Crippen molar-refractivity contribution in [2.75, 3.05) is 0 Å². The van der Waals surface area contributed by atoms with E-state index in [0.29, 0.717) is 30.6 Å². The van der Waals surface area contributed by atoms with Crippen molar-refractivity contribution in [3.8, 4) is 0 Å². The highest BCUT2D eigenvalue weighted by molar-refractivity contribution is 5.74. The molecule has 1 aromatic rings. The van der Waals surface area contributed by atoms with Gasteiger partial charge in [0, 0.05) is 18.8 Å². The molecule has 27 heavy (non-hydrogen) atoms. The maximum Gasteiger partial charge on any atom is 0.217 e. The van der Waals surface area contributed by atoms with Gasteiger partial charge in [-0.15, -0.1) is 0 Å². The summed E-state index contributed by atoms with van der Waals surface area (Å²) in [6.45, 7) is 4.63. The molecule has 2 unspecified atom stereocenters. The third kappa shape index (κ3) is 2.93. The molecule has 4 nitrogen and oxygen atoms in total. The lowest BCUT2D eigenvalue weighted by Crippen LogP contribution is -2.53. The number of aliphatic hydroxyl groups excluding tert-OH is 1. The van der Waals surface area contributed by atoms with Crippen LogP contribution in [0.25, 0.3) is 5.57 Å². The highest BCUT2D eigenvalue weighted by atomic mass is 16.3. The normalized spacial score (nSPS) is 40.8. The van der Waals surface area contributed by atoms with Crippen LogP contribution in [-0.2, 0) is 4.79 Å². The zero-order valence-corrected chi connectivity index (χ0v) is 16.5. The number of allylic oxidation sites excluding steroid dienone is 2. The summed E-state index contributed by atoms with van der Waals surface area (Å²) in [4.78, 5) is 15.7.